The van der Waals surface area contributed by atoms with Crippen LogP contribution in [-0.4, -0.2) is 101 Å². The van der Waals surface area contributed by atoms with Crippen molar-refractivity contribution in [1.29, 1.82) is 0 Å². The lowest BCUT2D eigenvalue weighted by molar-refractivity contribution is -0.136. The van der Waals surface area contributed by atoms with Crippen molar-refractivity contribution in [3.05, 3.63) is 102 Å². The number of carbonyl (C=O) groups excluding carboxylic acids is 4. The summed E-state index contributed by atoms with van der Waals surface area (Å²) in [5, 5.41) is 7.43. The summed E-state index contributed by atoms with van der Waals surface area (Å²) < 4.78 is 21.8. The highest BCUT2D eigenvalue weighted by molar-refractivity contribution is 6.07. The van der Waals surface area contributed by atoms with E-state index in [1.165, 1.54) is 14.2 Å². The zero-order valence-electron chi connectivity index (χ0n) is 38.1. The fourth-order valence-electron chi connectivity index (χ4n) is 9.94. The second-order valence-corrected chi connectivity index (χ2v) is 17.9. The van der Waals surface area contributed by atoms with Crippen LogP contribution in [0.1, 0.15) is 80.9 Å². The molecule has 3 unspecified atom stereocenters. The van der Waals surface area contributed by atoms with Gasteiger partial charge in [0.1, 0.15) is 36.1 Å². The minimum Gasteiger partial charge on any atom is -0.488 e. The van der Waals surface area contributed by atoms with Crippen molar-refractivity contribution in [2.75, 3.05) is 41.0 Å². The van der Waals surface area contributed by atoms with Gasteiger partial charge >= 0.3 is 12.2 Å². The number of nitrogens with zero attached hydrogens (tertiary/aromatic N) is 4. The molecular formula is C50H56N8O8. The smallest absolute Gasteiger partial charge is 0.407 e. The van der Waals surface area contributed by atoms with Crippen molar-refractivity contribution >= 4 is 45.8 Å². The highest BCUT2D eigenvalue weighted by atomic mass is 16.5. The number of imidazole rings is 2. The van der Waals surface area contributed by atoms with E-state index in [0.29, 0.717) is 56.4 Å². The lowest BCUT2D eigenvalue weighted by Crippen LogP contribution is -2.51. The maximum Gasteiger partial charge on any atom is 0.407 e. The Bertz CT molecular complexity index is 2790. The number of benzene rings is 4. The number of aromatic amines is 2. The van der Waals surface area contributed by atoms with Crippen LogP contribution in [0.2, 0.25) is 0 Å². The van der Waals surface area contributed by atoms with E-state index >= 15 is 0 Å². The molecule has 3 aliphatic rings. The van der Waals surface area contributed by atoms with E-state index < -0.39 is 30.3 Å². The second kappa shape index (κ2) is 18.5. The molecule has 16 nitrogen and oxygen atoms in total. The molecule has 2 saturated heterocycles. The van der Waals surface area contributed by atoms with Crippen LogP contribution in [0.5, 0.6) is 5.75 Å². The molecule has 0 bridgehead atoms. The molecule has 0 radical (unpaired) electrons. The first-order valence-electron chi connectivity index (χ1n) is 22.6. The van der Waals surface area contributed by atoms with Gasteiger partial charge in [0.2, 0.25) is 5.91 Å². The Morgan fingerprint density at radius 2 is 1.61 bits per heavy atom. The van der Waals surface area contributed by atoms with Gasteiger partial charge in [0, 0.05) is 37.1 Å². The van der Waals surface area contributed by atoms with Gasteiger partial charge in [-0.2, -0.15) is 0 Å². The highest BCUT2D eigenvalue weighted by Gasteiger charge is 2.43. The fraction of sp³-hybridized carbons (Fsp3) is 0.400. The summed E-state index contributed by atoms with van der Waals surface area (Å²) in [4.78, 5) is 73.8. The number of likely N-dealkylation sites (tertiary alicyclic amines) is 2. The quantitative estimate of drug-likeness (QED) is 0.0936. The van der Waals surface area contributed by atoms with Gasteiger partial charge in [-0.15, -0.1) is 0 Å². The third-order valence-electron chi connectivity index (χ3n) is 13.5. The van der Waals surface area contributed by atoms with Crippen LogP contribution < -0.4 is 15.4 Å². The summed E-state index contributed by atoms with van der Waals surface area (Å²) in [5.41, 5.74) is 7.10. The number of nitrogens with one attached hydrogen (secondary N) is 4. The number of aromatic nitrogens is 4. The van der Waals surface area contributed by atoms with E-state index in [0.717, 1.165) is 61.9 Å². The lowest BCUT2D eigenvalue weighted by Gasteiger charge is -2.30. The van der Waals surface area contributed by atoms with Crippen molar-refractivity contribution in [3.63, 3.8) is 0 Å². The largest absolute Gasteiger partial charge is 0.488 e. The van der Waals surface area contributed by atoms with Crippen molar-refractivity contribution in [1.82, 2.24) is 40.4 Å². The highest BCUT2D eigenvalue weighted by Crippen LogP contribution is 2.44. The van der Waals surface area contributed by atoms with Gasteiger partial charge in [0.15, 0.2) is 0 Å². The zero-order chi connectivity index (χ0) is 46.2. The maximum absolute atomic E-state index is 14.4. The minimum atomic E-state index is -0.956. The first-order chi connectivity index (χ1) is 32.0. The number of hydrogen-bond acceptors (Lipinski definition) is 10. The minimum absolute atomic E-state index is 0.0579. The van der Waals surface area contributed by atoms with E-state index in [1.807, 2.05) is 61.3 Å². The number of H-pyrrole nitrogens is 2. The molecule has 2 aromatic heterocycles. The third-order valence-corrected chi connectivity index (χ3v) is 13.5. The van der Waals surface area contributed by atoms with E-state index in [-0.39, 0.29) is 35.6 Å². The number of carbonyl (C=O) groups is 4. The monoisotopic (exact) mass is 896 g/mol. The molecule has 66 heavy (non-hydrogen) atoms. The standard InChI is InChI=1S/C50H56N8O8/c1-7-28(3)42(55-49(61)64-5)47(59)57-23-27(2)17-39(57)45-51-22-38(53-45)32-13-15-34-33(19-32)26-66-41-21-35-31(20-36(34)41)14-16-37-44(35)54-46(52-37)40-18-29(25-63-4)24-58(40)48(60)43(56-50(62)65-6)30-11-9-8-10-12-30/h8-16,19-22,27-29,39-40,42-43H,7,17-18,23-26H2,1-6H3,(H,51,53)(H,52,54)(H,55,61)(H,56,62)/t27-,28?,29-,39-,40-,42?,43?/m0/s1. The Morgan fingerprint density at radius 3 is 2.36 bits per heavy atom. The van der Waals surface area contributed by atoms with Crippen molar-refractivity contribution < 1.29 is 38.1 Å². The van der Waals surface area contributed by atoms with Crippen molar-refractivity contribution in [3.8, 4) is 28.1 Å². The van der Waals surface area contributed by atoms with Crippen LogP contribution in [-0.2, 0) is 30.4 Å². The molecule has 2 fully saturated rings. The molecule has 4 amide bonds. The van der Waals surface area contributed by atoms with Crippen LogP contribution in [0.3, 0.4) is 0 Å². The molecule has 3 aliphatic heterocycles. The predicted octanol–water partition coefficient (Wildman–Crippen LogP) is 7.98. The molecule has 6 aromatic rings. The van der Waals surface area contributed by atoms with Crippen LogP contribution >= 0.6 is 0 Å². The Morgan fingerprint density at radius 1 is 0.848 bits per heavy atom. The first kappa shape index (κ1) is 44.3. The predicted molar refractivity (Wildman–Crippen MR) is 247 cm³/mol. The summed E-state index contributed by atoms with van der Waals surface area (Å²) in [7, 11) is 4.23. The van der Waals surface area contributed by atoms with Gasteiger partial charge in [-0.1, -0.05) is 75.7 Å². The van der Waals surface area contributed by atoms with Crippen LogP contribution in [0.4, 0.5) is 9.59 Å². The van der Waals surface area contributed by atoms with Crippen LogP contribution in [0, 0.1) is 17.8 Å². The van der Waals surface area contributed by atoms with Crippen molar-refractivity contribution in [2.24, 2.45) is 17.8 Å². The Balaban J connectivity index is 0.979. The summed E-state index contributed by atoms with van der Waals surface area (Å²) in [5.74, 6) is 1.94. The van der Waals surface area contributed by atoms with Gasteiger partial charge in [-0.05, 0) is 76.6 Å². The lowest BCUT2D eigenvalue weighted by atomic mass is 9.92. The van der Waals surface area contributed by atoms with Gasteiger partial charge in [0.05, 0.1) is 55.8 Å². The Kier molecular flexibility index (Phi) is 12.4. The number of alkyl carbamates (subject to hydrolysis) is 2. The number of fused-ring (bicyclic) bond motifs is 6. The molecule has 16 heteroatoms. The maximum atomic E-state index is 14.4. The number of rotatable bonds is 12. The molecule has 0 saturated carbocycles. The molecule has 7 atom stereocenters. The normalized spacial score (nSPS) is 20.3. The van der Waals surface area contributed by atoms with E-state index in [9.17, 15) is 19.2 Å². The number of amides is 4. The second-order valence-electron chi connectivity index (χ2n) is 17.9. The Hall–Kier alpha value is -6.94. The molecule has 0 spiro atoms. The first-order valence-corrected chi connectivity index (χ1v) is 22.6. The van der Waals surface area contributed by atoms with E-state index in [2.05, 4.69) is 63.9 Å². The van der Waals surface area contributed by atoms with Crippen LogP contribution in [0.25, 0.3) is 44.2 Å². The molecular weight excluding hydrogens is 841 g/mol. The van der Waals surface area contributed by atoms with Gasteiger partial charge in [-0.3, -0.25) is 9.59 Å². The average Bonchev–Trinajstić information content (AvgIpc) is 4.17. The Labute approximate surface area is 382 Å². The number of hydrogen-bond donors (Lipinski definition) is 4. The molecule has 344 valence electrons. The molecule has 4 aromatic carbocycles. The fourth-order valence-corrected chi connectivity index (χ4v) is 9.94. The average molecular weight is 897 g/mol. The summed E-state index contributed by atoms with van der Waals surface area (Å²) in [6.45, 7) is 7.91. The van der Waals surface area contributed by atoms with E-state index in [4.69, 9.17) is 28.9 Å². The molecule has 4 N–H and O–H groups in total. The summed E-state index contributed by atoms with van der Waals surface area (Å²) >= 11 is 0. The molecule has 5 heterocycles. The summed E-state index contributed by atoms with van der Waals surface area (Å²) in [6.07, 6.45) is 2.58. The molecule has 0 aliphatic carbocycles. The topological polar surface area (TPSA) is 193 Å². The van der Waals surface area contributed by atoms with Crippen molar-refractivity contribution in [2.45, 2.75) is 70.8 Å². The van der Waals surface area contributed by atoms with Gasteiger partial charge in [-0.25, -0.2) is 19.6 Å². The van der Waals surface area contributed by atoms with E-state index in [1.54, 1.807) is 12.0 Å². The third kappa shape index (κ3) is 8.41. The zero-order valence-corrected chi connectivity index (χ0v) is 38.1. The van der Waals surface area contributed by atoms with Crippen LogP contribution in [0.15, 0.2) is 79.0 Å². The SMILES string of the molecule is CCC(C)C(NC(=O)OC)C(=O)N1C[C@@H](C)C[C@H]1c1ncc(-c2ccc3c(c2)COc2cc4c(ccc5[nH]c([C@@H]6C[C@H](COC)CN6C(=O)C(NC(=O)OC)c6ccccc6)nc54)cc2-3)[nH]1. The molecule has 9 rings (SSSR count). The number of ether oxygens (including phenoxy) is 4. The van der Waals surface area contributed by atoms with Gasteiger partial charge in [0.25, 0.3) is 5.91 Å². The van der Waals surface area contributed by atoms with Gasteiger partial charge < -0.3 is 49.3 Å². The summed E-state index contributed by atoms with van der Waals surface area (Å²) in [6, 6.07) is 21.4. The number of methoxy groups -OCH3 is 3.